The molecule has 1 saturated carbocycles. The Bertz CT molecular complexity index is 992. The molecule has 4 N–H and O–H groups in total. The first kappa shape index (κ1) is 23.9. The number of hydrogen-bond acceptors (Lipinski definition) is 6. The number of amides is 1. The van der Waals surface area contributed by atoms with E-state index in [-0.39, 0.29) is 23.9 Å². The molecule has 1 aromatic carbocycles. The molecule has 3 atom stereocenters. The van der Waals surface area contributed by atoms with Gasteiger partial charge in [0.1, 0.15) is 11.6 Å². The zero-order valence-electron chi connectivity index (χ0n) is 19.9. The fraction of sp³-hybridized carbons (Fsp3) is 0.600. The quantitative estimate of drug-likeness (QED) is 0.577. The Kier molecular flexibility index (Phi) is 7.46. The topological polar surface area (TPSA) is 92.5 Å². The maximum absolute atomic E-state index is 14.3. The van der Waals surface area contributed by atoms with Crippen LogP contribution in [-0.2, 0) is 4.74 Å². The molecule has 33 heavy (non-hydrogen) atoms. The summed E-state index contributed by atoms with van der Waals surface area (Å²) in [6.07, 6.45) is 6.68. The number of piperidine rings is 1. The Labute approximate surface area is 195 Å². The average molecular weight is 458 g/mol. The molecule has 1 aromatic heterocycles. The van der Waals surface area contributed by atoms with Crippen molar-refractivity contribution >= 4 is 22.6 Å². The number of rotatable bonds is 6. The fourth-order valence-corrected chi connectivity index (χ4v) is 5.10. The molecule has 1 aliphatic heterocycles. The van der Waals surface area contributed by atoms with Gasteiger partial charge in [-0.05, 0) is 50.8 Å². The summed E-state index contributed by atoms with van der Waals surface area (Å²) in [6.45, 7) is 4.76. The predicted molar refractivity (Wildman–Crippen MR) is 129 cm³/mol. The molecule has 1 amide bonds. The van der Waals surface area contributed by atoms with E-state index in [1.165, 1.54) is 38.2 Å². The van der Waals surface area contributed by atoms with E-state index < -0.39 is 6.17 Å². The first-order valence-corrected chi connectivity index (χ1v) is 12.1. The number of fused-ring (bicyclic) bond motifs is 1. The monoisotopic (exact) mass is 457 g/mol. The highest BCUT2D eigenvalue weighted by atomic mass is 19.1. The zero-order chi connectivity index (χ0) is 23.5. The van der Waals surface area contributed by atoms with Gasteiger partial charge in [0.25, 0.3) is 5.91 Å². The van der Waals surface area contributed by atoms with Gasteiger partial charge >= 0.3 is 0 Å². The first-order valence-electron chi connectivity index (χ1n) is 12.1. The molecule has 180 valence electrons. The van der Waals surface area contributed by atoms with Gasteiger partial charge in [-0.1, -0.05) is 19.3 Å². The van der Waals surface area contributed by atoms with Crippen LogP contribution in [0.25, 0.3) is 10.9 Å². The lowest BCUT2D eigenvalue weighted by molar-refractivity contribution is 0.0533. The van der Waals surface area contributed by atoms with Crippen molar-refractivity contribution in [2.45, 2.75) is 76.7 Å². The minimum Gasteiger partial charge on any atom is -0.378 e. The number of benzene rings is 1. The van der Waals surface area contributed by atoms with E-state index in [2.05, 4.69) is 15.5 Å². The van der Waals surface area contributed by atoms with Crippen molar-refractivity contribution < 1.29 is 13.9 Å². The van der Waals surface area contributed by atoms with Crippen molar-refractivity contribution in [2.75, 3.05) is 25.1 Å². The number of nitrogens with zero attached hydrogens (tertiary/aromatic N) is 2. The highest BCUT2D eigenvalue weighted by molar-refractivity contribution is 6.02. The molecule has 1 aliphatic carbocycles. The van der Waals surface area contributed by atoms with Crippen LogP contribution in [0, 0.1) is 12.7 Å². The van der Waals surface area contributed by atoms with Gasteiger partial charge in [-0.15, -0.1) is 0 Å². The van der Waals surface area contributed by atoms with Crippen molar-refractivity contribution in [1.29, 1.82) is 0 Å². The summed E-state index contributed by atoms with van der Waals surface area (Å²) in [6, 6.07) is 5.76. The van der Waals surface area contributed by atoms with Gasteiger partial charge in [0.2, 0.25) is 0 Å². The normalized spacial score (nSPS) is 23.0. The summed E-state index contributed by atoms with van der Waals surface area (Å²) < 4.78 is 20.1. The summed E-state index contributed by atoms with van der Waals surface area (Å²) in [5.41, 5.74) is 7.31. The lowest BCUT2D eigenvalue weighted by atomic mass is 9.92. The molecule has 0 spiro atoms. The number of hydrogen-bond donors (Lipinski definition) is 3. The molecular formula is C25H36FN5O2. The number of carbonyl (C=O) groups is 1. The van der Waals surface area contributed by atoms with E-state index in [1.54, 1.807) is 33.1 Å². The van der Waals surface area contributed by atoms with E-state index in [0.29, 0.717) is 35.0 Å². The second kappa shape index (κ2) is 10.3. The van der Waals surface area contributed by atoms with Gasteiger partial charge < -0.3 is 26.0 Å². The second-order valence-electron chi connectivity index (χ2n) is 9.53. The Morgan fingerprint density at radius 3 is 2.70 bits per heavy atom. The van der Waals surface area contributed by atoms with Crippen molar-refractivity contribution in [1.82, 2.24) is 15.6 Å². The lowest BCUT2D eigenvalue weighted by Gasteiger charge is -2.41. The van der Waals surface area contributed by atoms with Gasteiger partial charge in [-0.3, -0.25) is 4.79 Å². The summed E-state index contributed by atoms with van der Waals surface area (Å²) >= 11 is 0. The molecular weight excluding hydrogens is 421 g/mol. The summed E-state index contributed by atoms with van der Waals surface area (Å²) in [5.74, 6) is -0.0474. The zero-order valence-corrected chi connectivity index (χ0v) is 19.9. The molecule has 8 heteroatoms. The van der Waals surface area contributed by atoms with Crippen LogP contribution < -0.4 is 21.3 Å². The standard InChI is InChI=1S/C25H36FN5O2/c1-15-11-17-12-19(25(32)28-16(2)27)24(30-22(17)13-20(15)26)31-10-9-21(23(14-31)33-3)29-18-7-5-4-6-8-18/h11-13,16,18,21,23,29H,4-10,14,27H2,1-3H3,(H,28,32). The summed E-state index contributed by atoms with van der Waals surface area (Å²) in [4.78, 5) is 19.8. The average Bonchev–Trinajstić information content (AvgIpc) is 2.79. The maximum Gasteiger partial charge on any atom is 0.256 e. The number of methoxy groups -OCH3 is 1. The number of nitrogens with two attached hydrogens (primary N) is 1. The van der Waals surface area contributed by atoms with Crippen LogP contribution in [0.4, 0.5) is 10.2 Å². The molecule has 2 aromatic rings. The van der Waals surface area contributed by atoms with Gasteiger partial charge in [0, 0.05) is 43.7 Å². The molecule has 0 bridgehead atoms. The Morgan fingerprint density at radius 1 is 1.24 bits per heavy atom. The number of carbonyl (C=O) groups excluding carboxylic acids is 1. The predicted octanol–water partition coefficient (Wildman–Crippen LogP) is 3.23. The third-order valence-corrected chi connectivity index (χ3v) is 6.89. The minimum atomic E-state index is -0.492. The van der Waals surface area contributed by atoms with E-state index in [4.69, 9.17) is 15.5 Å². The van der Waals surface area contributed by atoms with E-state index in [1.807, 2.05) is 0 Å². The van der Waals surface area contributed by atoms with Crippen LogP contribution in [0.2, 0.25) is 0 Å². The molecule has 7 nitrogen and oxygen atoms in total. The third kappa shape index (κ3) is 5.45. The van der Waals surface area contributed by atoms with Crippen molar-refractivity contribution in [3.05, 3.63) is 35.1 Å². The van der Waals surface area contributed by atoms with E-state index in [0.717, 1.165) is 18.4 Å². The molecule has 3 unspecified atom stereocenters. The number of anilines is 1. The van der Waals surface area contributed by atoms with Gasteiger partial charge in [-0.2, -0.15) is 0 Å². The van der Waals surface area contributed by atoms with Gasteiger partial charge in [0.15, 0.2) is 0 Å². The number of nitrogens with one attached hydrogen (secondary N) is 2. The smallest absolute Gasteiger partial charge is 0.256 e. The van der Waals surface area contributed by atoms with E-state index >= 15 is 0 Å². The van der Waals surface area contributed by atoms with Crippen molar-refractivity contribution in [3.63, 3.8) is 0 Å². The fourth-order valence-electron chi connectivity index (χ4n) is 5.10. The molecule has 1 saturated heterocycles. The van der Waals surface area contributed by atoms with Crippen molar-refractivity contribution in [2.24, 2.45) is 5.73 Å². The van der Waals surface area contributed by atoms with Gasteiger partial charge in [0.05, 0.1) is 23.3 Å². The number of halogens is 1. The Hall–Kier alpha value is -2.29. The van der Waals surface area contributed by atoms with Crippen LogP contribution in [0.1, 0.15) is 61.4 Å². The van der Waals surface area contributed by atoms with Crippen LogP contribution in [-0.4, -0.2) is 55.4 Å². The molecule has 0 radical (unpaired) electrons. The van der Waals surface area contributed by atoms with Crippen LogP contribution in [0.3, 0.4) is 0 Å². The van der Waals surface area contributed by atoms with Crippen LogP contribution in [0.15, 0.2) is 18.2 Å². The van der Waals surface area contributed by atoms with E-state index in [9.17, 15) is 9.18 Å². The Morgan fingerprint density at radius 2 is 2.00 bits per heavy atom. The second-order valence-corrected chi connectivity index (χ2v) is 9.53. The number of aryl methyl sites for hydroxylation is 1. The highest BCUT2D eigenvalue weighted by Gasteiger charge is 2.33. The lowest BCUT2D eigenvalue weighted by Crippen LogP contribution is -2.56. The van der Waals surface area contributed by atoms with Crippen molar-refractivity contribution in [3.8, 4) is 0 Å². The first-order chi connectivity index (χ1) is 15.9. The Balaban J connectivity index is 1.62. The maximum atomic E-state index is 14.3. The molecule has 2 heterocycles. The third-order valence-electron chi connectivity index (χ3n) is 6.89. The summed E-state index contributed by atoms with van der Waals surface area (Å²) in [5, 5.41) is 7.32. The van der Waals surface area contributed by atoms with Gasteiger partial charge in [-0.25, -0.2) is 9.37 Å². The molecule has 4 rings (SSSR count). The molecule has 2 fully saturated rings. The highest BCUT2D eigenvalue weighted by Crippen LogP contribution is 2.29. The van der Waals surface area contributed by atoms with Crippen LogP contribution >= 0.6 is 0 Å². The number of pyridine rings is 1. The summed E-state index contributed by atoms with van der Waals surface area (Å²) in [7, 11) is 1.74. The largest absolute Gasteiger partial charge is 0.378 e. The minimum absolute atomic E-state index is 0.0303. The molecule has 2 aliphatic rings. The van der Waals surface area contributed by atoms with Crippen LogP contribution in [0.5, 0.6) is 0 Å². The number of ether oxygens (including phenoxy) is 1. The number of aromatic nitrogens is 1. The SMILES string of the molecule is COC1CN(c2nc3cc(F)c(C)cc3cc2C(=O)NC(C)N)CCC1NC1CCCCC1.